The lowest BCUT2D eigenvalue weighted by Gasteiger charge is -2.07. The van der Waals surface area contributed by atoms with Gasteiger partial charge in [-0.05, 0) is 48.0 Å². The van der Waals surface area contributed by atoms with Crippen LogP contribution in [0.1, 0.15) is 32.0 Å². The molecule has 7 heteroatoms. The monoisotopic (exact) mass is 348 g/mol. The molecule has 1 heterocycles. The van der Waals surface area contributed by atoms with Crippen LogP contribution < -0.4 is 11.1 Å². The quantitative estimate of drug-likeness (QED) is 0.630. The molecule has 0 fully saturated rings. The third-order valence-corrected chi connectivity index (χ3v) is 3.72. The molecule has 1 amide bonds. The molecule has 0 aliphatic carbocycles. The molecule has 0 radical (unpaired) electrons. The van der Waals surface area contributed by atoms with Gasteiger partial charge in [-0.3, -0.25) is 4.79 Å². The topological polar surface area (TPSA) is 118 Å². The fourth-order valence-corrected chi connectivity index (χ4v) is 2.38. The zero-order chi connectivity index (χ0) is 18.5. The van der Waals surface area contributed by atoms with Gasteiger partial charge >= 0.3 is 5.97 Å². The van der Waals surface area contributed by atoms with Gasteiger partial charge < -0.3 is 16.2 Å². The first-order valence-electron chi connectivity index (χ1n) is 7.82. The van der Waals surface area contributed by atoms with Gasteiger partial charge in [-0.25, -0.2) is 14.8 Å². The molecule has 26 heavy (non-hydrogen) atoms. The highest BCUT2D eigenvalue weighted by Crippen LogP contribution is 2.15. The molecule has 2 aromatic carbocycles. The molecule has 0 unspecified atom stereocenters. The maximum atomic E-state index is 11.1. The summed E-state index contributed by atoms with van der Waals surface area (Å²) in [5.41, 5.74) is 8.37. The Morgan fingerprint density at radius 3 is 2.23 bits per heavy atom. The van der Waals surface area contributed by atoms with Crippen molar-refractivity contribution in [1.29, 1.82) is 0 Å². The van der Waals surface area contributed by atoms with Crippen molar-refractivity contribution in [2.45, 2.75) is 6.42 Å². The minimum absolute atomic E-state index is 0.248. The molecule has 0 bridgehead atoms. The van der Waals surface area contributed by atoms with Crippen LogP contribution in [0, 0.1) is 0 Å². The summed E-state index contributed by atoms with van der Waals surface area (Å²) >= 11 is 0. The van der Waals surface area contributed by atoms with Crippen LogP contribution in [0.4, 0.5) is 11.6 Å². The van der Waals surface area contributed by atoms with E-state index in [2.05, 4.69) is 15.3 Å². The Hall–Kier alpha value is -3.74. The van der Waals surface area contributed by atoms with Crippen LogP contribution in [0.5, 0.6) is 0 Å². The van der Waals surface area contributed by atoms with Gasteiger partial charge in [-0.2, -0.15) is 0 Å². The number of nitrogens with two attached hydrogens (primary N) is 1. The molecule has 130 valence electrons. The number of aromatic nitrogens is 2. The Kier molecular flexibility index (Phi) is 4.89. The lowest BCUT2D eigenvalue weighted by molar-refractivity contribution is 0.0696. The largest absolute Gasteiger partial charge is 0.478 e. The summed E-state index contributed by atoms with van der Waals surface area (Å²) in [7, 11) is 0. The molecule has 0 aliphatic heterocycles. The number of carboxylic acids is 1. The fraction of sp³-hybridized carbons (Fsp3) is 0.0526. The first-order chi connectivity index (χ1) is 12.5. The molecule has 3 aromatic rings. The standard InChI is InChI=1S/C19H16N4O3/c20-17(24)13-5-7-15(8-6-13)22-19-21-10-9-16(23-19)11-12-1-3-14(4-2-12)18(25)26/h1-10H,11H2,(H2,20,24)(H,25,26)(H,21,22,23). The molecular weight excluding hydrogens is 332 g/mol. The van der Waals surface area contributed by atoms with E-state index in [4.69, 9.17) is 10.8 Å². The van der Waals surface area contributed by atoms with Crippen LogP contribution in [0.2, 0.25) is 0 Å². The third-order valence-electron chi connectivity index (χ3n) is 3.72. The number of rotatable bonds is 6. The van der Waals surface area contributed by atoms with E-state index in [9.17, 15) is 9.59 Å². The molecule has 0 spiro atoms. The number of nitrogens with one attached hydrogen (secondary N) is 1. The van der Waals surface area contributed by atoms with E-state index in [1.54, 1.807) is 60.8 Å². The minimum atomic E-state index is -0.951. The van der Waals surface area contributed by atoms with E-state index in [0.717, 1.165) is 16.9 Å². The van der Waals surface area contributed by atoms with Gasteiger partial charge in [0, 0.05) is 23.9 Å². The molecular formula is C19H16N4O3. The number of hydrogen-bond acceptors (Lipinski definition) is 5. The van der Waals surface area contributed by atoms with Crippen LogP contribution in [-0.4, -0.2) is 27.0 Å². The number of carboxylic acid groups (broad SMARTS) is 1. The van der Waals surface area contributed by atoms with Gasteiger partial charge in [0.1, 0.15) is 0 Å². The van der Waals surface area contributed by atoms with Crippen molar-refractivity contribution >= 4 is 23.5 Å². The zero-order valence-corrected chi connectivity index (χ0v) is 13.7. The normalized spacial score (nSPS) is 10.3. The van der Waals surface area contributed by atoms with Gasteiger partial charge in [0.2, 0.25) is 11.9 Å². The maximum absolute atomic E-state index is 11.1. The summed E-state index contributed by atoms with van der Waals surface area (Å²) in [6.45, 7) is 0. The molecule has 0 atom stereocenters. The molecule has 1 aromatic heterocycles. The zero-order valence-electron chi connectivity index (χ0n) is 13.7. The number of hydrogen-bond donors (Lipinski definition) is 3. The second kappa shape index (κ2) is 7.43. The number of anilines is 2. The van der Waals surface area contributed by atoms with Gasteiger partial charge in [0.25, 0.3) is 0 Å². The van der Waals surface area contributed by atoms with Crippen LogP contribution in [0.25, 0.3) is 0 Å². The Balaban J connectivity index is 1.71. The van der Waals surface area contributed by atoms with Crippen molar-refractivity contribution in [3.05, 3.63) is 83.2 Å². The lowest BCUT2D eigenvalue weighted by Crippen LogP contribution is -2.10. The third kappa shape index (κ3) is 4.21. The van der Waals surface area contributed by atoms with Crippen LogP contribution in [0.3, 0.4) is 0 Å². The van der Waals surface area contributed by atoms with E-state index in [1.807, 2.05) is 0 Å². The van der Waals surface area contributed by atoms with Crippen molar-refractivity contribution in [2.24, 2.45) is 5.73 Å². The number of primary amides is 1. The molecule has 0 aliphatic rings. The molecule has 0 saturated carbocycles. The Bertz CT molecular complexity index is 863. The highest BCUT2D eigenvalue weighted by atomic mass is 16.4. The number of amides is 1. The summed E-state index contributed by atoms with van der Waals surface area (Å²) in [5, 5.41) is 12.0. The summed E-state index contributed by atoms with van der Waals surface area (Å²) in [4.78, 5) is 30.6. The van der Waals surface area contributed by atoms with Crippen molar-refractivity contribution in [2.75, 3.05) is 5.32 Å². The maximum Gasteiger partial charge on any atom is 0.335 e. The number of aromatic carboxylic acids is 1. The second-order valence-electron chi connectivity index (χ2n) is 5.62. The van der Waals surface area contributed by atoms with E-state index in [1.165, 1.54) is 0 Å². The summed E-state index contributed by atoms with van der Waals surface area (Å²) in [6, 6.07) is 15.2. The van der Waals surface area contributed by atoms with Crippen molar-refractivity contribution in [3.63, 3.8) is 0 Å². The Morgan fingerprint density at radius 1 is 0.962 bits per heavy atom. The van der Waals surface area contributed by atoms with Crippen molar-refractivity contribution < 1.29 is 14.7 Å². The second-order valence-corrected chi connectivity index (χ2v) is 5.62. The SMILES string of the molecule is NC(=O)c1ccc(Nc2nccc(Cc3ccc(C(=O)O)cc3)n2)cc1. The number of nitrogens with zero attached hydrogens (tertiary/aromatic N) is 2. The van der Waals surface area contributed by atoms with Gasteiger partial charge in [0.15, 0.2) is 0 Å². The van der Waals surface area contributed by atoms with Crippen molar-refractivity contribution in [3.8, 4) is 0 Å². The lowest BCUT2D eigenvalue weighted by atomic mass is 10.1. The number of benzene rings is 2. The molecule has 4 N–H and O–H groups in total. The number of carbonyl (C=O) groups is 2. The van der Waals surface area contributed by atoms with Crippen LogP contribution in [-0.2, 0) is 6.42 Å². The van der Waals surface area contributed by atoms with Crippen molar-refractivity contribution in [1.82, 2.24) is 9.97 Å². The predicted molar refractivity (Wildman–Crippen MR) is 96.5 cm³/mol. The van der Waals surface area contributed by atoms with Gasteiger partial charge in [-0.15, -0.1) is 0 Å². The van der Waals surface area contributed by atoms with Gasteiger partial charge in [0.05, 0.1) is 11.3 Å². The van der Waals surface area contributed by atoms with Crippen LogP contribution in [0.15, 0.2) is 60.8 Å². The Morgan fingerprint density at radius 2 is 1.62 bits per heavy atom. The summed E-state index contributed by atoms with van der Waals surface area (Å²) in [5.74, 6) is -1.01. The first-order valence-corrected chi connectivity index (χ1v) is 7.82. The highest BCUT2D eigenvalue weighted by Gasteiger charge is 2.05. The fourth-order valence-electron chi connectivity index (χ4n) is 2.38. The van der Waals surface area contributed by atoms with Crippen LogP contribution >= 0.6 is 0 Å². The first kappa shape index (κ1) is 17.1. The van der Waals surface area contributed by atoms with E-state index < -0.39 is 11.9 Å². The summed E-state index contributed by atoms with van der Waals surface area (Å²) in [6.07, 6.45) is 2.20. The van der Waals surface area contributed by atoms with E-state index in [0.29, 0.717) is 17.9 Å². The molecule has 3 rings (SSSR count). The highest BCUT2D eigenvalue weighted by molar-refractivity contribution is 5.93. The smallest absolute Gasteiger partial charge is 0.335 e. The van der Waals surface area contributed by atoms with E-state index in [-0.39, 0.29) is 5.56 Å². The summed E-state index contributed by atoms with van der Waals surface area (Å²) < 4.78 is 0. The van der Waals surface area contributed by atoms with Gasteiger partial charge in [-0.1, -0.05) is 12.1 Å². The predicted octanol–water partition coefficient (Wildman–Crippen LogP) is 2.61. The average molecular weight is 348 g/mol. The molecule has 0 saturated heterocycles. The molecule has 7 nitrogen and oxygen atoms in total. The average Bonchev–Trinajstić information content (AvgIpc) is 2.63. The number of carbonyl (C=O) groups excluding carboxylic acids is 1. The van der Waals surface area contributed by atoms with E-state index >= 15 is 0 Å². The minimum Gasteiger partial charge on any atom is -0.478 e. The Labute approximate surface area is 149 Å².